The van der Waals surface area contributed by atoms with Gasteiger partial charge in [0.25, 0.3) is 0 Å². The molecule has 0 aromatic rings. The zero-order valence-corrected chi connectivity index (χ0v) is 10.3. The number of aliphatic hydroxyl groups is 4. The molecule has 0 aromatic heterocycles. The number of thiol groups is 1. The summed E-state index contributed by atoms with van der Waals surface area (Å²) in [5, 5.41) is 38.1. The largest absolute Gasteiger partial charge is 0.394 e. The fourth-order valence-corrected chi connectivity index (χ4v) is 2.02. The Hall–Kier alpha value is 0.150. The molecule has 1 saturated heterocycles. The molecule has 0 aliphatic carbocycles. The molecule has 5 nitrogen and oxygen atoms in total. The standard InChI is InChI=1S/C10H20O5S/c1-10(2,4-16)9-8(14)7(13)6(12)5(3-11)15-9/h5-9,11-14,16H,3-4H2,1-2H3. The first-order chi connectivity index (χ1) is 7.35. The molecule has 0 aromatic carbocycles. The lowest BCUT2D eigenvalue weighted by molar-refractivity contribution is -0.249. The highest BCUT2D eigenvalue weighted by atomic mass is 32.1. The first-order valence-electron chi connectivity index (χ1n) is 5.26. The van der Waals surface area contributed by atoms with Crippen LogP contribution in [0, 0.1) is 5.41 Å². The van der Waals surface area contributed by atoms with Crippen molar-refractivity contribution >= 4 is 12.6 Å². The van der Waals surface area contributed by atoms with Crippen molar-refractivity contribution in [2.24, 2.45) is 5.41 Å². The van der Waals surface area contributed by atoms with Crippen LogP contribution in [0.2, 0.25) is 0 Å². The number of rotatable bonds is 3. The van der Waals surface area contributed by atoms with Crippen LogP contribution < -0.4 is 0 Å². The maximum absolute atomic E-state index is 9.84. The summed E-state index contributed by atoms with van der Waals surface area (Å²) in [5.41, 5.74) is -0.461. The van der Waals surface area contributed by atoms with E-state index in [1.807, 2.05) is 13.8 Å². The average Bonchev–Trinajstić information content (AvgIpc) is 2.26. The third kappa shape index (κ3) is 2.52. The number of aliphatic hydroxyl groups excluding tert-OH is 4. The molecule has 0 saturated carbocycles. The van der Waals surface area contributed by atoms with Gasteiger partial charge in [-0.05, 0) is 5.75 Å². The second-order valence-electron chi connectivity index (χ2n) is 4.90. The second-order valence-corrected chi connectivity index (χ2v) is 5.21. The summed E-state index contributed by atoms with van der Waals surface area (Å²) in [6.07, 6.45) is -5.30. The van der Waals surface area contributed by atoms with Crippen LogP contribution in [0.3, 0.4) is 0 Å². The lowest BCUT2D eigenvalue weighted by atomic mass is 9.80. The number of ether oxygens (including phenoxy) is 1. The molecule has 96 valence electrons. The van der Waals surface area contributed by atoms with E-state index in [4.69, 9.17) is 9.84 Å². The molecule has 5 atom stereocenters. The van der Waals surface area contributed by atoms with Crippen molar-refractivity contribution in [3.05, 3.63) is 0 Å². The molecule has 16 heavy (non-hydrogen) atoms. The van der Waals surface area contributed by atoms with Crippen molar-refractivity contribution in [3.63, 3.8) is 0 Å². The summed E-state index contributed by atoms with van der Waals surface area (Å²) in [6, 6.07) is 0. The van der Waals surface area contributed by atoms with E-state index < -0.39 is 42.5 Å². The summed E-state index contributed by atoms with van der Waals surface area (Å²) in [6.45, 7) is 3.28. The van der Waals surface area contributed by atoms with Crippen molar-refractivity contribution in [2.75, 3.05) is 12.4 Å². The van der Waals surface area contributed by atoms with E-state index in [-0.39, 0.29) is 0 Å². The van der Waals surface area contributed by atoms with E-state index in [1.165, 1.54) is 0 Å². The average molecular weight is 252 g/mol. The van der Waals surface area contributed by atoms with Crippen molar-refractivity contribution in [2.45, 2.75) is 44.4 Å². The highest BCUT2D eigenvalue weighted by Gasteiger charge is 2.48. The van der Waals surface area contributed by atoms with Gasteiger partial charge in [-0.15, -0.1) is 0 Å². The first-order valence-corrected chi connectivity index (χ1v) is 5.89. The van der Waals surface area contributed by atoms with Gasteiger partial charge >= 0.3 is 0 Å². The Labute approximate surface area is 100 Å². The van der Waals surface area contributed by atoms with Crippen LogP contribution in [0.15, 0.2) is 0 Å². The van der Waals surface area contributed by atoms with Gasteiger partial charge in [-0.25, -0.2) is 0 Å². The van der Waals surface area contributed by atoms with Gasteiger partial charge in [0, 0.05) is 5.41 Å². The highest BCUT2D eigenvalue weighted by molar-refractivity contribution is 7.80. The van der Waals surface area contributed by atoms with Crippen molar-refractivity contribution < 1.29 is 25.2 Å². The summed E-state index contributed by atoms with van der Waals surface area (Å²) in [4.78, 5) is 0. The summed E-state index contributed by atoms with van der Waals surface area (Å²) < 4.78 is 5.43. The molecule has 5 unspecified atom stereocenters. The molecule has 0 spiro atoms. The van der Waals surface area contributed by atoms with E-state index in [1.54, 1.807) is 0 Å². The molecule has 0 bridgehead atoms. The van der Waals surface area contributed by atoms with E-state index in [0.29, 0.717) is 5.75 Å². The summed E-state index contributed by atoms with van der Waals surface area (Å²) >= 11 is 4.17. The zero-order valence-electron chi connectivity index (χ0n) is 9.45. The molecule has 1 heterocycles. The van der Waals surface area contributed by atoms with Crippen molar-refractivity contribution in [3.8, 4) is 0 Å². The Bertz CT molecular complexity index is 233. The molecule has 1 aliphatic rings. The Morgan fingerprint density at radius 3 is 2.12 bits per heavy atom. The van der Waals surface area contributed by atoms with Crippen LogP contribution in [0.4, 0.5) is 0 Å². The van der Waals surface area contributed by atoms with E-state index in [0.717, 1.165) is 0 Å². The molecule has 6 heteroatoms. The van der Waals surface area contributed by atoms with Gasteiger partial charge in [0.15, 0.2) is 0 Å². The third-order valence-corrected chi connectivity index (χ3v) is 3.89. The smallest absolute Gasteiger partial charge is 0.111 e. The van der Waals surface area contributed by atoms with Gasteiger partial charge in [0.2, 0.25) is 0 Å². The molecule has 0 radical (unpaired) electrons. The SMILES string of the molecule is CC(C)(CS)C1OC(CO)C(O)C(O)C1O. The van der Waals surface area contributed by atoms with Crippen LogP contribution in [0.1, 0.15) is 13.8 Å². The number of hydrogen-bond acceptors (Lipinski definition) is 6. The van der Waals surface area contributed by atoms with Gasteiger partial charge in [0.05, 0.1) is 12.7 Å². The fourth-order valence-electron chi connectivity index (χ4n) is 1.84. The van der Waals surface area contributed by atoms with E-state index in [2.05, 4.69) is 12.6 Å². The van der Waals surface area contributed by atoms with Crippen LogP contribution in [-0.2, 0) is 4.74 Å². The summed E-state index contributed by atoms with van der Waals surface area (Å²) in [5.74, 6) is 0.454. The van der Waals surface area contributed by atoms with Crippen LogP contribution >= 0.6 is 12.6 Å². The molecule has 4 N–H and O–H groups in total. The lowest BCUT2D eigenvalue weighted by Crippen LogP contribution is -2.62. The van der Waals surface area contributed by atoms with Crippen molar-refractivity contribution in [1.82, 2.24) is 0 Å². The Morgan fingerprint density at radius 2 is 1.69 bits per heavy atom. The van der Waals surface area contributed by atoms with Gasteiger partial charge in [-0.2, -0.15) is 12.6 Å². The van der Waals surface area contributed by atoms with Crippen LogP contribution in [0.25, 0.3) is 0 Å². The molecule has 1 rings (SSSR count). The van der Waals surface area contributed by atoms with Crippen LogP contribution in [0.5, 0.6) is 0 Å². The highest BCUT2D eigenvalue weighted by Crippen LogP contribution is 2.34. The molecular formula is C10H20O5S. The van der Waals surface area contributed by atoms with Gasteiger partial charge in [-0.3, -0.25) is 0 Å². The second kappa shape index (κ2) is 5.20. The number of hydrogen-bond donors (Lipinski definition) is 5. The van der Waals surface area contributed by atoms with Gasteiger partial charge in [0.1, 0.15) is 24.4 Å². The zero-order chi connectivity index (χ0) is 12.5. The molecule has 1 aliphatic heterocycles. The molecule has 1 fully saturated rings. The minimum atomic E-state index is -1.31. The Morgan fingerprint density at radius 1 is 1.12 bits per heavy atom. The lowest BCUT2D eigenvalue weighted by Gasteiger charge is -2.46. The molecule has 0 amide bonds. The normalized spacial score (nSPS) is 41.1. The maximum Gasteiger partial charge on any atom is 0.111 e. The van der Waals surface area contributed by atoms with Gasteiger partial charge in [-0.1, -0.05) is 13.8 Å². The Kier molecular flexibility index (Phi) is 4.62. The minimum Gasteiger partial charge on any atom is -0.394 e. The first kappa shape index (κ1) is 14.2. The van der Waals surface area contributed by atoms with Crippen LogP contribution in [-0.4, -0.2) is 63.3 Å². The predicted molar refractivity (Wildman–Crippen MR) is 61.4 cm³/mol. The minimum absolute atomic E-state index is 0.399. The van der Waals surface area contributed by atoms with Crippen molar-refractivity contribution in [1.29, 1.82) is 0 Å². The Balaban J connectivity index is 2.87. The maximum atomic E-state index is 9.84. The van der Waals surface area contributed by atoms with E-state index in [9.17, 15) is 15.3 Å². The summed E-state index contributed by atoms with van der Waals surface area (Å²) in [7, 11) is 0. The fraction of sp³-hybridized carbons (Fsp3) is 1.00. The van der Waals surface area contributed by atoms with Gasteiger partial charge < -0.3 is 25.2 Å². The molecular weight excluding hydrogens is 232 g/mol. The topological polar surface area (TPSA) is 90.2 Å². The predicted octanol–water partition coefficient (Wildman–Crippen LogP) is -1.22. The van der Waals surface area contributed by atoms with E-state index >= 15 is 0 Å². The quantitative estimate of drug-likeness (QED) is 0.406. The third-order valence-electron chi connectivity index (χ3n) is 3.07. The monoisotopic (exact) mass is 252 g/mol.